The number of hydrogen-bond acceptors (Lipinski definition) is 3. The van der Waals surface area contributed by atoms with E-state index in [1.54, 1.807) is 0 Å². The molecule has 1 saturated heterocycles. The van der Waals surface area contributed by atoms with Crippen LogP contribution in [-0.4, -0.2) is 31.3 Å². The molecule has 0 bridgehead atoms. The summed E-state index contributed by atoms with van der Waals surface area (Å²) in [4.78, 5) is 6.53. The van der Waals surface area contributed by atoms with Crippen LogP contribution in [-0.2, 0) is 4.74 Å². The standard InChI is InChI=1S/C11H14Br2N2O/c1-15(7-9-3-2-4-16-9)11-10(13)5-8(12)6-14-11/h5-6,9H,2-4,7H2,1H3. The minimum absolute atomic E-state index is 0.349. The minimum atomic E-state index is 0.349. The van der Waals surface area contributed by atoms with E-state index < -0.39 is 0 Å². The molecule has 0 spiro atoms. The van der Waals surface area contributed by atoms with Gasteiger partial charge in [-0.2, -0.15) is 0 Å². The van der Waals surface area contributed by atoms with Crippen molar-refractivity contribution in [2.45, 2.75) is 18.9 Å². The molecule has 1 aliphatic heterocycles. The maximum Gasteiger partial charge on any atom is 0.142 e. The van der Waals surface area contributed by atoms with Gasteiger partial charge in [0.1, 0.15) is 5.82 Å². The smallest absolute Gasteiger partial charge is 0.142 e. The van der Waals surface area contributed by atoms with Gasteiger partial charge < -0.3 is 9.64 Å². The zero-order valence-electron chi connectivity index (χ0n) is 9.12. The summed E-state index contributed by atoms with van der Waals surface area (Å²) in [6, 6.07) is 2.01. The summed E-state index contributed by atoms with van der Waals surface area (Å²) in [7, 11) is 2.04. The van der Waals surface area contributed by atoms with E-state index in [0.29, 0.717) is 6.10 Å². The second-order valence-electron chi connectivity index (χ2n) is 3.97. The molecule has 1 aliphatic rings. The number of pyridine rings is 1. The van der Waals surface area contributed by atoms with Crippen molar-refractivity contribution < 1.29 is 4.74 Å². The molecule has 1 aromatic heterocycles. The number of halogens is 2. The van der Waals surface area contributed by atoms with Crippen molar-refractivity contribution in [3.63, 3.8) is 0 Å². The van der Waals surface area contributed by atoms with E-state index in [2.05, 4.69) is 41.7 Å². The molecule has 2 rings (SSSR count). The van der Waals surface area contributed by atoms with E-state index in [-0.39, 0.29) is 0 Å². The molecule has 2 heterocycles. The Bertz CT molecular complexity index is 367. The fraction of sp³-hybridized carbons (Fsp3) is 0.545. The maximum absolute atomic E-state index is 5.61. The van der Waals surface area contributed by atoms with Crippen molar-refractivity contribution in [3.05, 3.63) is 21.2 Å². The van der Waals surface area contributed by atoms with Crippen LogP contribution in [0, 0.1) is 0 Å². The normalized spacial score (nSPS) is 20.1. The van der Waals surface area contributed by atoms with Gasteiger partial charge in [0.2, 0.25) is 0 Å². The molecular weight excluding hydrogens is 336 g/mol. The summed E-state index contributed by atoms with van der Waals surface area (Å²) in [6.07, 6.45) is 4.49. The van der Waals surface area contributed by atoms with Gasteiger partial charge in [0, 0.05) is 30.9 Å². The average Bonchev–Trinajstić information content (AvgIpc) is 2.70. The fourth-order valence-corrected chi connectivity index (χ4v) is 3.16. The molecule has 0 saturated carbocycles. The first-order valence-corrected chi connectivity index (χ1v) is 6.89. The summed E-state index contributed by atoms with van der Waals surface area (Å²) in [5, 5.41) is 0. The third kappa shape index (κ3) is 2.96. The summed E-state index contributed by atoms with van der Waals surface area (Å²) < 4.78 is 7.60. The summed E-state index contributed by atoms with van der Waals surface area (Å²) >= 11 is 6.92. The van der Waals surface area contributed by atoms with Crippen LogP contribution >= 0.6 is 31.9 Å². The second kappa shape index (κ2) is 5.47. The first kappa shape index (κ1) is 12.3. The number of likely N-dealkylation sites (N-methyl/N-ethyl adjacent to an activating group) is 1. The highest BCUT2D eigenvalue weighted by Gasteiger charge is 2.19. The Morgan fingerprint density at radius 1 is 1.56 bits per heavy atom. The highest BCUT2D eigenvalue weighted by Crippen LogP contribution is 2.26. The van der Waals surface area contributed by atoms with Crippen molar-refractivity contribution in [2.75, 3.05) is 25.1 Å². The van der Waals surface area contributed by atoms with E-state index in [9.17, 15) is 0 Å². The zero-order valence-corrected chi connectivity index (χ0v) is 12.3. The van der Waals surface area contributed by atoms with Crippen molar-refractivity contribution in [1.82, 2.24) is 4.98 Å². The first-order chi connectivity index (χ1) is 7.66. The van der Waals surface area contributed by atoms with E-state index in [0.717, 1.165) is 34.3 Å². The van der Waals surface area contributed by atoms with Gasteiger partial charge in [0.25, 0.3) is 0 Å². The third-order valence-corrected chi connectivity index (χ3v) is 3.67. The molecule has 0 aromatic carbocycles. The summed E-state index contributed by atoms with van der Waals surface area (Å²) in [6.45, 7) is 1.79. The molecule has 0 amide bonds. The summed E-state index contributed by atoms with van der Waals surface area (Å²) in [5.74, 6) is 0.957. The number of ether oxygens (including phenoxy) is 1. The molecule has 1 unspecified atom stereocenters. The van der Waals surface area contributed by atoms with Gasteiger partial charge in [-0.1, -0.05) is 0 Å². The molecule has 3 nitrogen and oxygen atoms in total. The van der Waals surface area contributed by atoms with Gasteiger partial charge in [-0.3, -0.25) is 0 Å². The molecular formula is C11H14Br2N2O. The van der Waals surface area contributed by atoms with Crippen LogP contribution < -0.4 is 4.90 Å². The van der Waals surface area contributed by atoms with E-state index in [1.165, 1.54) is 6.42 Å². The predicted octanol–water partition coefficient (Wildman–Crippen LogP) is 3.22. The zero-order chi connectivity index (χ0) is 11.5. The number of rotatable bonds is 3. The highest BCUT2D eigenvalue weighted by molar-refractivity contribution is 9.11. The number of hydrogen-bond donors (Lipinski definition) is 0. The van der Waals surface area contributed by atoms with Crippen LogP contribution in [0.25, 0.3) is 0 Å². The van der Waals surface area contributed by atoms with Crippen LogP contribution in [0.1, 0.15) is 12.8 Å². The third-order valence-electron chi connectivity index (χ3n) is 2.65. The van der Waals surface area contributed by atoms with Gasteiger partial charge in [-0.05, 0) is 50.8 Å². The Morgan fingerprint density at radius 2 is 2.38 bits per heavy atom. The summed E-state index contributed by atoms with van der Waals surface area (Å²) in [5.41, 5.74) is 0. The fourth-order valence-electron chi connectivity index (χ4n) is 1.87. The number of anilines is 1. The molecule has 88 valence electrons. The lowest BCUT2D eigenvalue weighted by Gasteiger charge is -2.22. The van der Waals surface area contributed by atoms with Crippen LogP contribution in [0.15, 0.2) is 21.2 Å². The Kier molecular flexibility index (Phi) is 4.21. The molecule has 1 aromatic rings. The first-order valence-electron chi connectivity index (χ1n) is 5.30. The van der Waals surface area contributed by atoms with Crippen molar-refractivity contribution in [1.29, 1.82) is 0 Å². The quantitative estimate of drug-likeness (QED) is 0.837. The van der Waals surface area contributed by atoms with E-state index >= 15 is 0 Å². The molecule has 5 heteroatoms. The number of nitrogens with zero attached hydrogens (tertiary/aromatic N) is 2. The van der Waals surface area contributed by atoms with Crippen molar-refractivity contribution in [2.24, 2.45) is 0 Å². The SMILES string of the molecule is CN(CC1CCCO1)c1ncc(Br)cc1Br. The minimum Gasteiger partial charge on any atom is -0.376 e. The van der Waals surface area contributed by atoms with Gasteiger partial charge in [0.15, 0.2) is 0 Å². The Labute approximate surface area is 112 Å². The lowest BCUT2D eigenvalue weighted by atomic mass is 10.2. The highest BCUT2D eigenvalue weighted by atomic mass is 79.9. The van der Waals surface area contributed by atoms with Gasteiger partial charge in [-0.25, -0.2) is 4.98 Å². The lowest BCUT2D eigenvalue weighted by molar-refractivity contribution is 0.116. The predicted molar refractivity (Wildman–Crippen MR) is 71.9 cm³/mol. The molecule has 16 heavy (non-hydrogen) atoms. The molecule has 0 aliphatic carbocycles. The molecule has 1 atom stereocenters. The lowest BCUT2D eigenvalue weighted by Crippen LogP contribution is -2.29. The van der Waals surface area contributed by atoms with Crippen LogP contribution in [0.2, 0.25) is 0 Å². The second-order valence-corrected chi connectivity index (χ2v) is 5.74. The van der Waals surface area contributed by atoms with Gasteiger partial charge >= 0.3 is 0 Å². The Morgan fingerprint density at radius 3 is 3.00 bits per heavy atom. The van der Waals surface area contributed by atoms with Gasteiger partial charge in [-0.15, -0.1) is 0 Å². The molecule has 0 radical (unpaired) electrons. The van der Waals surface area contributed by atoms with Gasteiger partial charge in [0.05, 0.1) is 10.6 Å². The molecule has 1 fully saturated rings. The number of aromatic nitrogens is 1. The maximum atomic E-state index is 5.61. The average molecular weight is 350 g/mol. The Balaban J connectivity index is 2.04. The monoisotopic (exact) mass is 348 g/mol. The van der Waals surface area contributed by atoms with Crippen molar-refractivity contribution >= 4 is 37.7 Å². The van der Waals surface area contributed by atoms with Crippen molar-refractivity contribution in [3.8, 4) is 0 Å². The van der Waals surface area contributed by atoms with E-state index in [4.69, 9.17) is 4.74 Å². The van der Waals surface area contributed by atoms with Crippen LogP contribution in [0.3, 0.4) is 0 Å². The molecule has 0 N–H and O–H groups in total. The Hall–Kier alpha value is -0.130. The van der Waals surface area contributed by atoms with Crippen LogP contribution in [0.4, 0.5) is 5.82 Å². The van der Waals surface area contributed by atoms with E-state index in [1.807, 2.05) is 19.3 Å². The topological polar surface area (TPSA) is 25.4 Å². The largest absolute Gasteiger partial charge is 0.376 e. The van der Waals surface area contributed by atoms with Crippen LogP contribution in [0.5, 0.6) is 0 Å².